The number of nitrogens with one attached hydrogen (secondary N) is 1. The summed E-state index contributed by atoms with van der Waals surface area (Å²) in [5, 5.41) is 9.65. The van der Waals surface area contributed by atoms with Crippen molar-refractivity contribution in [1.82, 2.24) is 4.98 Å². The molecule has 0 spiro atoms. The molecule has 17 heavy (non-hydrogen) atoms. The lowest BCUT2D eigenvalue weighted by molar-refractivity contribution is -0.131. The van der Waals surface area contributed by atoms with Crippen LogP contribution >= 0.6 is 0 Å². The highest BCUT2D eigenvalue weighted by molar-refractivity contribution is 5.93. The Hall–Kier alpha value is -2.03. The van der Waals surface area contributed by atoms with E-state index in [-0.39, 0.29) is 0 Å². The van der Waals surface area contributed by atoms with Crippen LogP contribution in [0.5, 0.6) is 0 Å². The first-order chi connectivity index (χ1) is 8.08. The highest BCUT2D eigenvalue weighted by atomic mass is 16.4. The third-order valence-corrected chi connectivity index (χ3v) is 2.81. The van der Waals surface area contributed by atoms with E-state index >= 15 is 0 Å². The Bertz CT molecular complexity index is 579. The average Bonchev–Trinajstić information content (AvgIpc) is 2.68. The maximum atomic E-state index is 10.5. The maximum Gasteiger partial charge on any atom is 0.328 e. The third-order valence-electron chi connectivity index (χ3n) is 2.81. The summed E-state index contributed by atoms with van der Waals surface area (Å²) in [6, 6.07) is 6.22. The lowest BCUT2D eigenvalue weighted by Crippen LogP contribution is -1.86. The van der Waals surface area contributed by atoms with Crippen molar-refractivity contribution in [2.45, 2.75) is 19.8 Å². The van der Waals surface area contributed by atoms with Gasteiger partial charge in [0.1, 0.15) is 0 Å². The van der Waals surface area contributed by atoms with Crippen LogP contribution in [0.4, 0.5) is 0 Å². The van der Waals surface area contributed by atoms with Gasteiger partial charge in [-0.05, 0) is 23.6 Å². The van der Waals surface area contributed by atoms with Crippen molar-refractivity contribution < 1.29 is 9.90 Å². The molecule has 0 fully saturated rings. The van der Waals surface area contributed by atoms with Crippen molar-refractivity contribution in [2.75, 3.05) is 0 Å². The zero-order chi connectivity index (χ0) is 12.4. The first-order valence-corrected chi connectivity index (χ1v) is 5.60. The van der Waals surface area contributed by atoms with E-state index in [2.05, 4.69) is 31.0 Å². The van der Waals surface area contributed by atoms with Gasteiger partial charge in [-0.25, -0.2) is 4.79 Å². The molecule has 0 bridgehead atoms. The quantitative estimate of drug-likeness (QED) is 0.792. The summed E-state index contributed by atoms with van der Waals surface area (Å²) in [4.78, 5) is 13.6. The van der Waals surface area contributed by atoms with Crippen LogP contribution in [0.25, 0.3) is 17.0 Å². The summed E-state index contributed by atoms with van der Waals surface area (Å²) in [5.74, 6) is -0.445. The fraction of sp³-hybridized carbons (Fsp3) is 0.214. The van der Waals surface area contributed by atoms with Gasteiger partial charge in [-0.3, -0.25) is 0 Å². The van der Waals surface area contributed by atoms with Crippen LogP contribution < -0.4 is 0 Å². The highest BCUT2D eigenvalue weighted by Crippen LogP contribution is 2.24. The second kappa shape index (κ2) is 4.45. The summed E-state index contributed by atoms with van der Waals surface area (Å²) in [6.45, 7) is 4.30. The van der Waals surface area contributed by atoms with Crippen LogP contribution in [0, 0.1) is 0 Å². The summed E-state index contributed by atoms with van der Waals surface area (Å²) in [7, 11) is 0. The largest absolute Gasteiger partial charge is 0.478 e. The number of hydrogen-bond acceptors (Lipinski definition) is 1. The van der Waals surface area contributed by atoms with Gasteiger partial charge in [-0.2, -0.15) is 0 Å². The van der Waals surface area contributed by atoms with Gasteiger partial charge in [0.2, 0.25) is 0 Å². The molecule has 88 valence electrons. The minimum atomic E-state index is -0.932. The predicted octanol–water partition coefficient (Wildman–Crippen LogP) is 3.39. The molecule has 0 aliphatic carbocycles. The van der Waals surface area contributed by atoms with Crippen molar-refractivity contribution in [1.29, 1.82) is 0 Å². The van der Waals surface area contributed by atoms with Gasteiger partial charge in [0, 0.05) is 28.7 Å². The number of aromatic nitrogens is 1. The zero-order valence-electron chi connectivity index (χ0n) is 9.90. The number of carboxylic acid groups (broad SMARTS) is 1. The molecule has 2 N–H and O–H groups in total. The van der Waals surface area contributed by atoms with E-state index in [1.165, 1.54) is 5.56 Å². The van der Waals surface area contributed by atoms with Crippen LogP contribution in [0.15, 0.2) is 30.5 Å². The number of fused-ring (bicyclic) bond motifs is 1. The molecule has 0 amide bonds. The van der Waals surface area contributed by atoms with Gasteiger partial charge in [-0.15, -0.1) is 0 Å². The van der Waals surface area contributed by atoms with E-state index in [0.29, 0.717) is 5.92 Å². The normalized spacial score (nSPS) is 11.7. The lowest BCUT2D eigenvalue weighted by Gasteiger charge is -2.04. The van der Waals surface area contributed by atoms with Crippen LogP contribution in [0.2, 0.25) is 0 Å². The maximum absolute atomic E-state index is 10.5. The topological polar surface area (TPSA) is 53.1 Å². The Morgan fingerprint density at radius 2 is 2.18 bits per heavy atom. The number of benzene rings is 1. The van der Waals surface area contributed by atoms with E-state index in [9.17, 15) is 4.79 Å². The minimum absolute atomic E-state index is 0.487. The Morgan fingerprint density at radius 1 is 1.41 bits per heavy atom. The Labute approximate surface area is 99.8 Å². The van der Waals surface area contributed by atoms with E-state index in [1.54, 1.807) is 6.08 Å². The van der Waals surface area contributed by atoms with Gasteiger partial charge < -0.3 is 10.1 Å². The number of carboxylic acids is 1. The van der Waals surface area contributed by atoms with E-state index in [1.807, 2.05) is 12.3 Å². The molecular formula is C14H15NO2. The number of hydrogen-bond donors (Lipinski definition) is 2. The third kappa shape index (κ3) is 2.38. The molecule has 3 heteroatoms. The molecule has 0 saturated heterocycles. The summed E-state index contributed by atoms with van der Waals surface area (Å²) in [6.07, 6.45) is 4.59. The molecular weight excluding hydrogens is 214 g/mol. The van der Waals surface area contributed by atoms with Crippen molar-refractivity contribution in [3.63, 3.8) is 0 Å². The zero-order valence-corrected chi connectivity index (χ0v) is 9.90. The smallest absolute Gasteiger partial charge is 0.328 e. The minimum Gasteiger partial charge on any atom is -0.478 e. The number of carbonyl (C=O) groups is 1. The first-order valence-electron chi connectivity index (χ1n) is 5.60. The van der Waals surface area contributed by atoms with Crippen LogP contribution in [0.3, 0.4) is 0 Å². The van der Waals surface area contributed by atoms with Crippen molar-refractivity contribution in [2.24, 2.45) is 0 Å². The van der Waals surface area contributed by atoms with Gasteiger partial charge in [0.05, 0.1) is 0 Å². The molecule has 1 aromatic heterocycles. The van der Waals surface area contributed by atoms with E-state index < -0.39 is 5.97 Å². The van der Waals surface area contributed by atoms with Gasteiger partial charge in [-0.1, -0.05) is 26.0 Å². The van der Waals surface area contributed by atoms with Crippen molar-refractivity contribution in [3.05, 3.63) is 41.6 Å². The van der Waals surface area contributed by atoms with Crippen molar-refractivity contribution >= 4 is 22.9 Å². The molecule has 0 radical (unpaired) electrons. The van der Waals surface area contributed by atoms with Crippen LogP contribution in [-0.2, 0) is 4.79 Å². The summed E-state index contributed by atoms with van der Waals surface area (Å²) >= 11 is 0. The Balaban J connectivity index is 2.45. The SMILES string of the molecule is CC(C)c1ccc2c(/C=C/C(=O)O)c[nH]c2c1. The lowest BCUT2D eigenvalue weighted by atomic mass is 10.0. The summed E-state index contributed by atoms with van der Waals surface area (Å²) < 4.78 is 0. The molecule has 1 heterocycles. The first kappa shape index (κ1) is 11.5. The second-order valence-electron chi connectivity index (χ2n) is 4.38. The molecule has 0 saturated carbocycles. The van der Waals surface area contributed by atoms with Gasteiger partial charge >= 0.3 is 5.97 Å². The molecule has 3 nitrogen and oxygen atoms in total. The fourth-order valence-electron chi connectivity index (χ4n) is 1.82. The summed E-state index contributed by atoms with van der Waals surface area (Å²) in [5.41, 5.74) is 3.21. The number of rotatable bonds is 3. The monoisotopic (exact) mass is 229 g/mol. The van der Waals surface area contributed by atoms with Gasteiger partial charge in [0.15, 0.2) is 0 Å². The number of aliphatic carboxylic acids is 1. The van der Waals surface area contributed by atoms with E-state index in [4.69, 9.17) is 5.11 Å². The molecule has 2 rings (SSSR count). The second-order valence-corrected chi connectivity index (χ2v) is 4.38. The standard InChI is InChI=1S/C14H15NO2/c1-9(2)10-3-5-12-11(4-6-14(16)17)8-15-13(12)7-10/h3-9,15H,1-2H3,(H,16,17)/b6-4+. The van der Waals surface area contributed by atoms with Crippen molar-refractivity contribution in [3.8, 4) is 0 Å². The Kier molecular flexibility index (Phi) is 3.00. The fourth-order valence-corrected chi connectivity index (χ4v) is 1.82. The Morgan fingerprint density at radius 3 is 2.82 bits per heavy atom. The average molecular weight is 229 g/mol. The van der Waals surface area contributed by atoms with E-state index in [0.717, 1.165) is 22.5 Å². The van der Waals surface area contributed by atoms with Crippen LogP contribution in [0.1, 0.15) is 30.9 Å². The number of aromatic amines is 1. The predicted molar refractivity (Wildman–Crippen MR) is 69.1 cm³/mol. The number of H-pyrrole nitrogens is 1. The molecule has 0 unspecified atom stereocenters. The molecule has 0 atom stereocenters. The van der Waals surface area contributed by atoms with Gasteiger partial charge in [0.25, 0.3) is 0 Å². The van der Waals surface area contributed by atoms with Crippen LogP contribution in [-0.4, -0.2) is 16.1 Å². The molecule has 2 aromatic rings. The highest BCUT2D eigenvalue weighted by Gasteiger charge is 2.04. The molecule has 0 aliphatic rings. The molecule has 1 aromatic carbocycles. The molecule has 0 aliphatic heterocycles.